The molecular weight excluding hydrogens is 486 g/mol. The Hall–Kier alpha value is -2.49. The third kappa shape index (κ3) is 6.01. The van der Waals surface area contributed by atoms with Gasteiger partial charge in [-0.25, -0.2) is 4.98 Å². The van der Waals surface area contributed by atoms with E-state index in [1.807, 2.05) is 47.8 Å². The predicted molar refractivity (Wildman–Crippen MR) is 127 cm³/mol. The highest BCUT2D eigenvalue weighted by atomic mass is 79.9. The smallest absolute Gasteiger partial charge is 0.264 e. The molecule has 0 aliphatic carbocycles. The molecular formula is C21H20BrN3O3S2. The van der Waals surface area contributed by atoms with Crippen LogP contribution in [0.1, 0.15) is 12.5 Å². The van der Waals surface area contributed by atoms with Crippen molar-refractivity contribution in [2.24, 2.45) is 0 Å². The normalized spacial score (nSPS) is 10.4. The molecule has 2 N–H and O–H groups in total. The van der Waals surface area contributed by atoms with E-state index >= 15 is 0 Å². The van der Waals surface area contributed by atoms with E-state index in [9.17, 15) is 4.79 Å². The largest absolute Gasteiger partial charge is 0.496 e. The Balaban J connectivity index is 1.51. The Morgan fingerprint density at radius 1 is 1.23 bits per heavy atom. The van der Waals surface area contributed by atoms with E-state index in [0.717, 1.165) is 27.9 Å². The first-order chi connectivity index (χ1) is 14.5. The Morgan fingerprint density at radius 3 is 2.67 bits per heavy atom. The second-order valence-corrected chi connectivity index (χ2v) is 8.30. The summed E-state index contributed by atoms with van der Waals surface area (Å²) in [5.74, 6) is 1.04. The first kappa shape index (κ1) is 22.2. The molecule has 0 saturated carbocycles. The zero-order chi connectivity index (χ0) is 21.5. The molecule has 0 radical (unpaired) electrons. The molecule has 156 valence electrons. The molecule has 0 bridgehead atoms. The average molecular weight is 506 g/mol. The number of benzene rings is 2. The molecule has 0 unspecified atom stereocenters. The number of ether oxygens (including phenoxy) is 2. The highest BCUT2D eigenvalue weighted by Crippen LogP contribution is 2.32. The Kier molecular flexibility index (Phi) is 7.78. The molecule has 30 heavy (non-hydrogen) atoms. The Labute approximate surface area is 192 Å². The first-order valence-corrected chi connectivity index (χ1v) is 11.2. The van der Waals surface area contributed by atoms with Crippen molar-refractivity contribution in [2.45, 2.75) is 13.3 Å². The molecule has 9 heteroatoms. The van der Waals surface area contributed by atoms with Crippen molar-refractivity contribution < 1.29 is 14.3 Å². The predicted octanol–water partition coefficient (Wildman–Crippen LogP) is 5.04. The average Bonchev–Trinajstić information content (AvgIpc) is 3.20. The summed E-state index contributed by atoms with van der Waals surface area (Å²) in [5, 5.41) is 8.18. The van der Waals surface area contributed by atoms with Crippen LogP contribution in [0.3, 0.4) is 0 Å². The maximum Gasteiger partial charge on any atom is 0.264 e. The number of amides is 1. The number of rotatable bonds is 7. The molecule has 0 aliphatic heterocycles. The second-order valence-electron chi connectivity index (χ2n) is 6.18. The Morgan fingerprint density at radius 2 is 2.00 bits per heavy atom. The van der Waals surface area contributed by atoms with E-state index in [4.69, 9.17) is 21.7 Å². The molecule has 3 aromatic rings. The van der Waals surface area contributed by atoms with Crippen molar-refractivity contribution in [1.29, 1.82) is 0 Å². The number of nitrogens with zero attached hydrogens (tertiary/aromatic N) is 1. The summed E-state index contributed by atoms with van der Waals surface area (Å²) >= 11 is 10.1. The van der Waals surface area contributed by atoms with E-state index in [1.54, 1.807) is 7.11 Å². The number of thiocarbonyl (C=S) groups is 1. The molecule has 0 aliphatic rings. The van der Waals surface area contributed by atoms with Gasteiger partial charge < -0.3 is 14.8 Å². The fraction of sp³-hybridized carbons (Fsp3) is 0.190. The van der Waals surface area contributed by atoms with Crippen LogP contribution in [0.5, 0.6) is 11.5 Å². The fourth-order valence-electron chi connectivity index (χ4n) is 2.55. The van der Waals surface area contributed by atoms with Gasteiger partial charge in [0.15, 0.2) is 16.9 Å². The highest BCUT2D eigenvalue weighted by Gasteiger charge is 2.10. The van der Waals surface area contributed by atoms with E-state index in [-0.39, 0.29) is 17.6 Å². The van der Waals surface area contributed by atoms with E-state index in [2.05, 4.69) is 38.5 Å². The van der Waals surface area contributed by atoms with Gasteiger partial charge in [0.25, 0.3) is 5.91 Å². The van der Waals surface area contributed by atoms with Crippen molar-refractivity contribution in [2.75, 3.05) is 19.0 Å². The quantitative estimate of drug-likeness (QED) is 0.438. The van der Waals surface area contributed by atoms with Crippen LogP contribution in [0.4, 0.5) is 5.13 Å². The van der Waals surface area contributed by atoms with Crippen molar-refractivity contribution >= 4 is 55.6 Å². The van der Waals surface area contributed by atoms with Crippen molar-refractivity contribution in [3.63, 3.8) is 0 Å². The van der Waals surface area contributed by atoms with Gasteiger partial charge in [-0.1, -0.05) is 19.1 Å². The number of hydrogen-bond acceptors (Lipinski definition) is 6. The topological polar surface area (TPSA) is 72.5 Å². The zero-order valence-corrected chi connectivity index (χ0v) is 19.6. The van der Waals surface area contributed by atoms with Crippen LogP contribution in [-0.2, 0) is 11.2 Å². The van der Waals surface area contributed by atoms with Crippen LogP contribution in [0.15, 0.2) is 52.3 Å². The van der Waals surface area contributed by atoms with E-state index < -0.39 is 0 Å². The van der Waals surface area contributed by atoms with Crippen molar-refractivity contribution in [3.8, 4) is 22.8 Å². The minimum Gasteiger partial charge on any atom is -0.496 e. The number of halogens is 1. The maximum atomic E-state index is 12.1. The minimum absolute atomic E-state index is 0.129. The number of carbonyl (C=O) groups is 1. The highest BCUT2D eigenvalue weighted by molar-refractivity contribution is 9.10. The van der Waals surface area contributed by atoms with Gasteiger partial charge in [0.2, 0.25) is 0 Å². The summed E-state index contributed by atoms with van der Waals surface area (Å²) in [6.07, 6.45) is 0.953. The van der Waals surface area contributed by atoms with Crippen molar-refractivity contribution in [3.05, 3.63) is 57.9 Å². The molecule has 1 heterocycles. The van der Waals surface area contributed by atoms with Crippen LogP contribution in [-0.4, -0.2) is 29.7 Å². The summed E-state index contributed by atoms with van der Waals surface area (Å²) in [4.78, 5) is 16.6. The lowest BCUT2D eigenvalue weighted by molar-refractivity contribution is -0.121. The van der Waals surface area contributed by atoms with E-state index in [1.165, 1.54) is 16.9 Å². The first-order valence-electron chi connectivity index (χ1n) is 9.10. The number of nitrogens with one attached hydrogen (secondary N) is 2. The van der Waals surface area contributed by atoms with E-state index in [0.29, 0.717) is 10.9 Å². The third-order valence-electron chi connectivity index (χ3n) is 4.13. The van der Waals surface area contributed by atoms with Crippen LogP contribution < -0.4 is 20.1 Å². The molecule has 3 rings (SSSR count). The van der Waals surface area contributed by atoms with Crippen molar-refractivity contribution in [1.82, 2.24) is 10.3 Å². The fourth-order valence-corrected chi connectivity index (χ4v) is 4.09. The van der Waals surface area contributed by atoms with Gasteiger partial charge in [0, 0.05) is 10.9 Å². The van der Waals surface area contributed by atoms with Gasteiger partial charge in [-0.2, -0.15) is 0 Å². The molecule has 0 spiro atoms. The SMILES string of the molecule is CCc1ccc(OCC(=O)NC(=S)Nc2nc(-c3ccc(OC)c(Br)c3)cs2)cc1. The van der Waals surface area contributed by atoms with Gasteiger partial charge in [-0.3, -0.25) is 10.1 Å². The van der Waals surface area contributed by atoms with Crippen LogP contribution in [0, 0.1) is 0 Å². The number of aryl methyl sites for hydroxylation is 1. The summed E-state index contributed by atoms with van der Waals surface area (Å²) in [5.41, 5.74) is 2.94. The summed E-state index contributed by atoms with van der Waals surface area (Å²) in [6, 6.07) is 13.4. The zero-order valence-electron chi connectivity index (χ0n) is 16.4. The lowest BCUT2D eigenvalue weighted by Gasteiger charge is -2.09. The van der Waals surface area contributed by atoms with Gasteiger partial charge in [-0.15, -0.1) is 11.3 Å². The van der Waals surface area contributed by atoms with Crippen LogP contribution >= 0.6 is 39.5 Å². The summed E-state index contributed by atoms with van der Waals surface area (Å²) in [6.45, 7) is 1.95. The third-order valence-corrected chi connectivity index (χ3v) is 5.71. The Bertz CT molecular complexity index is 1040. The van der Waals surface area contributed by atoms with Crippen LogP contribution in [0.2, 0.25) is 0 Å². The molecule has 0 atom stereocenters. The lowest BCUT2D eigenvalue weighted by atomic mass is 10.2. The molecule has 6 nitrogen and oxygen atoms in total. The molecule has 2 aromatic carbocycles. The number of aromatic nitrogens is 1. The second kappa shape index (κ2) is 10.5. The molecule has 1 amide bonds. The standard InChI is InChI=1S/C21H20BrN3O3S2/c1-3-13-4-7-15(8-5-13)28-11-19(26)24-20(29)25-21-23-17(12-30-21)14-6-9-18(27-2)16(22)10-14/h4-10,12H,3,11H2,1-2H3,(H2,23,24,25,26,29). The number of carbonyl (C=O) groups excluding carboxylic acids is 1. The molecule has 0 fully saturated rings. The lowest BCUT2D eigenvalue weighted by Crippen LogP contribution is -2.37. The number of thiazole rings is 1. The number of anilines is 1. The summed E-state index contributed by atoms with van der Waals surface area (Å²) < 4.78 is 11.6. The van der Waals surface area contributed by atoms with Crippen LogP contribution in [0.25, 0.3) is 11.3 Å². The number of hydrogen-bond donors (Lipinski definition) is 2. The minimum atomic E-state index is -0.345. The van der Waals surface area contributed by atoms with Gasteiger partial charge >= 0.3 is 0 Å². The number of methoxy groups -OCH3 is 1. The van der Waals surface area contributed by atoms with Gasteiger partial charge in [-0.05, 0) is 70.5 Å². The van der Waals surface area contributed by atoms with Gasteiger partial charge in [0.1, 0.15) is 11.5 Å². The maximum absolute atomic E-state index is 12.1. The molecule has 1 aromatic heterocycles. The monoisotopic (exact) mass is 505 g/mol. The van der Waals surface area contributed by atoms with Gasteiger partial charge in [0.05, 0.1) is 17.3 Å². The summed E-state index contributed by atoms with van der Waals surface area (Å²) in [7, 11) is 1.62. The molecule has 0 saturated heterocycles.